The Morgan fingerprint density at radius 1 is 1.00 bits per heavy atom. The molecule has 0 spiro atoms. The van der Waals surface area contributed by atoms with Crippen molar-refractivity contribution in [3.8, 4) is 0 Å². The molecule has 114 valence electrons. The van der Waals surface area contributed by atoms with Gasteiger partial charge >= 0.3 is 0 Å². The topological polar surface area (TPSA) is 16.1 Å². The third-order valence-electron chi connectivity index (χ3n) is 4.25. The minimum atomic E-state index is 0. The third kappa shape index (κ3) is 3.28. The molecule has 1 saturated carbocycles. The maximum Gasteiger partial charge on any atom is 0.0650 e. The number of hydrogen-bond donors (Lipinski definition) is 0. The molecule has 1 aromatic heterocycles. The van der Waals surface area contributed by atoms with Gasteiger partial charge in [-0.05, 0) is 49.1 Å². The summed E-state index contributed by atoms with van der Waals surface area (Å²) in [6, 6.07) is 12.4. The van der Waals surface area contributed by atoms with Crippen molar-refractivity contribution in [2.75, 3.05) is 11.9 Å². The van der Waals surface area contributed by atoms with E-state index in [1.807, 2.05) is 24.5 Å². The van der Waals surface area contributed by atoms with Crippen LogP contribution in [-0.4, -0.2) is 12.0 Å². The molecule has 2 aromatic rings. The van der Waals surface area contributed by atoms with Crippen molar-refractivity contribution in [3.63, 3.8) is 0 Å². The van der Waals surface area contributed by atoms with E-state index in [0.29, 0.717) is 0 Å². The Kier molecular flexibility index (Phi) is 6.33. The molecule has 1 fully saturated rings. The fourth-order valence-electron chi connectivity index (χ4n) is 2.90. The smallest absolute Gasteiger partial charge is 0.0650 e. The number of halogens is 3. The number of anilines is 1. The zero-order valence-electron chi connectivity index (χ0n) is 11.8. The van der Waals surface area contributed by atoms with E-state index in [9.17, 15) is 0 Å². The van der Waals surface area contributed by atoms with Crippen LogP contribution in [0.1, 0.15) is 24.8 Å². The summed E-state index contributed by atoms with van der Waals surface area (Å²) in [6.07, 6.45) is 7.35. The van der Waals surface area contributed by atoms with Gasteiger partial charge in [0.25, 0.3) is 0 Å². The molecule has 2 nitrogen and oxygen atoms in total. The van der Waals surface area contributed by atoms with Gasteiger partial charge < -0.3 is 4.90 Å². The van der Waals surface area contributed by atoms with Crippen molar-refractivity contribution >= 4 is 42.1 Å². The Hall–Kier alpha value is -0.960. The first-order valence-corrected chi connectivity index (χ1v) is 7.00. The summed E-state index contributed by atoms with van der Waals surface area (Å²) in [5.41, 5.74) is 2.68. The van der Waals surface area contributed by atoms with Gasteiger partial charge in [0.2, 0.25) is 0 Å². The van der Waals surface area contributed by atoms with E-state index in [4.69, 9.17) is 11.6 Å². The van der Waals surface area contributed by atoms with Crippen molar-refractivity contribution < 1.29 is 0 Å². The van der Waals surface area contributed by atoms with E-state index in [2.05, 4.69) is 41.2 Å². The van der Waals surface area contributed by atoms with E-state index in [-0.39, 0.29) is 30.4 Å². The van der Waals surface area contributed by atoms with Gasteiger partial charge in [0.05, 0.1) is 5.54 Å². The number of rotatable bonds is 3. The molecule has 0 atom stereocenters. The Morgan fingerprint density at radius 2 is 1.57 bits per heavy atom. The van der Waals surface area contributed by atoms with Crippen LogP contribution < -0.4 is 4.90 Å². The van der Waals surface area contributed by atoms with Crippen LogP contribution in [0.25, 0.3) is 0 Å². The lowest BCUT2D eigenvalue weighted by atomic mass is 9.70. The van der Waals surface area contributed by atoms with Gasteiger partial charge in [0.1, 0.15) is 0 Å². The van der Waals surface area contributed by atoms with Crippen LogP contribution >= 0.6 is 36.4 Å². The predicted molar refractivity (Wildman–Crippen MR) is 94.1 cm³/mol. The minimum absolute atomic E-state index is 0. The van der Waals surface area contributed by atoms with Crippen LogP contribution in [0.4, 0.5) is 5.69 Å². The Labute approximate surface area is 143 Å². The summed E-state index contributed by atoms with van der Waals surface area (Å²) in [5.74, 6) is 0. The molecular weight excluding hydrogens is 327 g/mol. The average molecular weight is 346 g/mol. The summed E-state index contributed by atoms with van der Waals surface area (Å²) in [4.78, 5) is 6.47. The van der Waals surface area contributed by atoms with Crippen molar-refractivity contribution in [1.29, 1.82) is 0 Å². The number of hydrogen-bond acceptors (Lipinski definition) is 2. The summed E-state index contributed by atoms with van der Waals surface area (Å²) in [5, 5.41) is 0.796. The molecule has 1 heterocycles. The van der Waals surface area contributed by atoms with Crippen LogP contribution in [0.15, 0.2) is 48.8 Å². The zero-order valence-corrected chi connectivity index (χ0v) is 14.2. The predicted octanol–water partition coefficient (Wildman–Crippen LogP) is 5.09. The molecule has 0 saturated heterocycles. The molecule has 5 heteroatoms. The number of aromatic nitrogens is 1. The molecular formula is C16H19Cl3N2. The fraction of sp³-hybridized carbons (Fsp3) is 0.312. The van der Waals surface area contributed by atoms with Crippen LogP contribution in [0.3, 0.4) is 0 Å². The van der Waals surface area contributed by atoms with E-state index < -0.39 is 0 Å². The Morgan fingerprint density at radius 3 is 2.05 bits per heavy atom. The highest BCUT2D eigenvalue weighted by Gasteiger charge is 2.42. The molecule has 0 unspecified atom stereocenters. The second-order valence-electron chi connectivity index (χ2n) is 5.16. The van der Waals surface area contributed by atoms with Crippen LogP contribution in [0.5, 0.6) is 0 Å². The standard InChI is InChI=1S/C16H17ClN2.2ClH/c1-19(15-7-11-18-12-8-15)16(9-2-10-16)13-3-5-14(17)6-4-13;;/h3-8,11-12H,2,9-10H2,1H3;2*1H. The van der Waals surface area contributed by atoms with Crippen molar-refractivity contribution in [2.45, 2.75) is 24.8 Å². The first-order chi connectivity index (χ1) is 9.22. The Bertz CT molecular complexity index is 553. The van der Waals surface area contributed by atoms with E-state index >= 15 is 0 Å². The van der Waals surface area contributed by atoms with Gasteiger partial charge in [-0.15, -0.1) is 24.8 Å². The van der Waals surface area contributed by atoms with Crippen molar-refractivity contribution in [2.24, 2.45) is 0 Å². The maximum atomic E-state index is 6.00. The first-order valence-electron chi connectivity index (χ1n) is 6.62. The zero-order chi connectivity index (χ0) is 13.3. The number of benzene rings is 1. The molecule has 1 aliphatic rings. The maximum absolute atomic E-state index is 6.00. The normalized spacial score (nSPS) is 15.1. The van der Waals surface area contributed by atoms with E-state index in [1.54, 1.807) is 0 Å². The molecule has 0 aliphatic heterocycles. The highest BCUT2D eigenvalue weighted by molar-refractivity contribution is 6.30. The molecule has 1 aliphatic carbocycles. The SMILES string of the molecule is CN(c1ccncc1)C1(c2ccc(Cl)cc2)CCC1.Cl.Cl. The lowest BCUT2D eigenvalue weighted by Crippen LogP contribution is -2.49. The van der Waals surface area contributed by atoms with Crippen LogP contribution in [-0.2, 0) is 5.54 Å². The molecule has 21 heavy (non-hydrogen) atoms. The van der Waals surface area contributed by atoms with Gasteiger partial charge in [0.15, 0.2) is 0 Å². The van der Waals surface area contributed by atoms with Crippen LogP contribution in [0, 0.1) is 0 Å². The molecule has 0 bridgehead atoms. The van der Waals surface area contributed by atoms with Gasteiger partial charge in [-0.3, -0.25) is 4.98 Å². The Balaban J connectivity index is 0.00000110. The summed E-state index contributed by atoms with van der Waals surface area (Å²) >= 11 is 6.00. The molecule has 0 N–H and O–H groups in total. The number of nitrogens with zero attached hydrogens (tertiary/aromatic N) is 2. The van der Waals surface area contributed by atoms with E-state index in [0.717, 1.165) is 5.02 Å². The summed E-state index contributed by atoms with van der Waals surface area (Å²) in [6.45, 7) is 0. The van der Waals surface area contributed by atoms with Gasteiger partial charge in [-0.25, -0.2) is 0 Å². The molecule has 1 aromatic carbocycles. The van der Waals surface area contributed by atoms with Gasteiger partial charge in [-0.1, -0.05) is 23.7 Å². The average Bonchev–Trinajstić information content (AvgIpc) is 2.40. The van der Waals surface area contributed by atoms with Crippen LogP contribution in [0.2, 0.25) is 5.02 Å². The molecule has 0 amide bonds. The van der Waals surface area contributed by atoms with Gasteiger partial charge in [-0.2, -0.15) is 0 Å². The summed E-state index contributed by atoms with van der Waals surface area (Å²) in [7, 11) is 2.17. The fourth-order valence-corrected chi connectivity index (χ4v) is 3.03. The molecule has 0 radical (unpaired) electrons. The number of pyridine rings is 1. The minimum Gasteiger partial charge on any atom is -0.365 e. The lowest BCUT2D eigenvalue weighted by molar-refractivity contribution is 0.241. The lowest BCUT2D eigenvalue weighted by Gasteiger charge is -2.50. The highest BCUT2D eigenvalue weighted by atomic mass is 35.5. The second-order valence-corrected chi connectivity index (χ2v) is 5.59. The third-order valence-corrected chi connectivity index (χ3v) is 4.51. The van der Waals surface area contributed by atoms with Crippen molar-refractivity contribution in [3.05, 3.63) is 59.4 Å². The van der Waals surface area contributed by atoms with Gasteiger partial charge in [0, 0.05) is 30.2 Å². The quantitative estimate of drug-likeness (QED) is 0.770. The monoisotopic (exact) mass is 344 g/mol. The summed E-state index contributed by atoms with van der Waals surface area (Å²) < 4.78 is 0. The molecule has 3 rings (SSSR count). The largest absolute Gasteiger partial charge is 0.365 e. The second kappa shape index (κ2) is 7.35. The highest BCUT2D eigenvalue weighted by Crippen LogP contribution is 2.47. The van der Waals surface area contributed by atoms with Crippen molar-refractivity contribution in [1.82, 2.24) is 4.98 Å². The first kappa shape index (κ1) is 18.1. The van der Waals surface area contributed by atoms with E-state index in [1.165, 1.54) is 30.5 Å².